The smallest absolute Gasteiger partial charge is 0.481 e. The Morgan fingerprint density at radius 1 is 1.17 bits per heavy atom. The zero-order valence-electron chi connectivity index (χ0n) is 16.0. The number of aliphatic hydroxyl groups is 1. The van der Waals surface area contributed by atoms with E-state index in [0.29, 0.717) is 19.4 Å². The average Bonchev–Trinajstić information content (AvgIpc) is 2.63. The first-order valence-corrected chi connectivity index (χ1v) is 9.00. The van der Waals surface area contributed by atoms with Crippen LogP contribution in [0.1, 0.15) is 39.0 Å². The monoisotopic (exact) mass is 424 g/mol. The molecule has 1 aliphatic rings. The molecule has 0 saturated carbocycles. The molecular weight excluding hydrogens is 397 g/mol. The highest BCUT2D eigenvalue weighted by molar-refractivity contribution is 5.78. The summed E-state index contributed by atoms with van der Waals surface area (Å²) in [6.45, 7) is 2.42. The molecule has 0 aromatic rings. The minimum atomic E-state index is -5.08. The van der Waals surface area contributed by atoms with Gasteiger partial charge < -0.3 is 26.4 Å². The minimum absolute atomic E-state index is 0.176. The lowest BCUT2D eigenvalue weighted by Crippen LogP contribution is -2.57. The van der Waals surface area contributed by atoms with E-state index in [4.69, 9.17) is 15.6 Å². The van der Waals surface area contributed by atoms with Crippen LogP contribution in [-0.2, 0) is 14.4 Å². The molecule has 0 aromatic carbocycles. The Kier molecular flexibility index (Phi) is 11.2. The van der Waals surface area contributed by atoms with E-state index in [-0.39, 0.29) is 5.91 Å². The number of carbonyl (C=O) groups is 3. The van der Waals surface area contributed by atoms with E-state index in [2.05, 4.69) is 5.32 Å². The predicted molar refractivity (Wildman–Crippen MR) is 97.8 cm³/mol. The van der Waals surface area contributed by atoms with Crippen LogP contribution >= 0.6 is 0 Å². The van der Waals surface area contributed by atoms with Crippen LogP contribution in [0.2, 0.25) is 0 Å². The number of nitrogens with two attached hydrogens (primary N) is 1. The van der Waals surface area contributed by atoms with Crippen LogP contribution in [0, 0.1) is 5.92 Å². The standard InChI is InChI=1S/C16H26N2O4.C2HF3O2/c1-2-13(18-14(19)9-4-3-7-11-17)16(22)10-6-5-8-12(16)15(20)21;3-2(4,5)1(6)7/h5-6,8,10,12-13,22H,2-4,7,9,11,17H2,1H3,(H,18,19)(H,20,21);(H,6,7). The second kappa shape index (κ2) is 12.2. The Morgan fingerprint density at radius 3 is 2.21 bits per heavy atom. The van der Waals surface area contributed by atoms with Crippen LogP contribution in [0.5, 0.6) is 0 Å². The molecule has 0 aliphatic heterocycles. The summed E-state index contributed by atoms with van der Waals surface area (Å²) < 4.78 is 31.7. The number of carbonyl (C=O) groups excluding carboxylic acids is 1. The molecule has 3 unspecified atom stereocenters. The highest BCUT2D eigenvalue weighted by Gasteiger charge is 2.45. The second-order valence-corrected chi connectivity index (χ2v) is 6.38. The molecule has 1 rings (SSSR count). The lowest BCUT2D eigenvalue weighted by Gasteiger charge is -2.38. The second-order valence-electron chi connectivity index (χ2n) is 6.38. The quantitative estimate of drug-likeness (QED) is 0.353. The van der Waals surface area contributed by atoms with Gasteiger partial charge in [0.2, 0.25) is 5.91 Å². The van der Waals surface area contributed by atoms with Gasteiger partial charge in [-0.1, -0.05) is 31.6 Å². The molecule has 29 heavy (non-hydrogen) atoms. The molecule has 166 valence electrons. The van der Waals surface area contributed by atoms with Crippen molar-refractivity contribution >= 4 is 17.8 Å². The van der Waals surface area contributed by atoms with Gasteiger partial charge in [0.1, 0.15) is 11.5 Å². The number of hydrogen-bond acceptors (Lipinski definition) is 5. The van der Waals surface area contributed by atoms with Gasteiger partial charge in [0, 0.05) is 6.42 Å². The first kappa shape index (κ1) is 26.6. The molecule has 0 spiro atoms. The average molecular weight is 424 g/mol. The Morgan fingerprint density at radius 2 is 1.76 bits per heavy atom. The van der Waals surface area contributed by atoms with Gasteiger partial charge in [0.25, 0.3) is 0 Å². The van der Waals surface area contributed by atoms with E-state index >= 15 is 0 Å². The van der Waals surface area contributed by atoms with Crippen molar-refractivity contribution in [2.45, 2.75) is 56.8 Å². The predicted octanol–water partition coefficient (Wildman–Crippen LogP) is 1.59. The van der Waals surface area contributed by atoms with Crippen LogP contribution in [0.4, 0.5) is 13.2 Å². The van der Waals surface area contributed by atoms with Crippen molar-refractivity contribution in [3.8, 4) is 0 Å². The van der Waals surface area contributed by atoms with Crippen molar-refractivity contribution in [1.82, 2.24) is 5.32 Å². The molecule has 0 heterocycles. The van der Waals surface area contributed by atoms with Gasteiger partial charge in [-0.15, -0.1) is 0 Å². The number of halogens is 3. The van der Waals surface area contributed by atoms with E-state index < -0.39 is 35.7 Å². The minimum Gasteiger partial charge on any atom is -0.481 e. The number of amides is 1. The fourth-order valence-electron chi connectivity index (χ4n) is 2.67. The van der Waals surface area contributed by atoms with E-state index in [1.807, 2.05) is 6.92 Å². The van der Waals surface area contributed by atoms with E-state index in [1.165, 1.54) is 12.2 Å². The molecule has 8 nitrogen and oxygen atoms in total. The summed E-state index contributed by atoms with van der Waals surface area (Å²) in [5.41, 5.74) is 3.79. The summed E-state index contributed by atoms with van der Waals surface area (Å²) in [7, 11) is 0. The number of allylic oxidation sites excluding steroid dienone is 2. The largest absolute Gasteiger partial charge is 0.490 e. The lowest BCUT2D eigenvalue weighted by atomic mass is 9.77. The fraction of sp³-hybridized carbons (Fsp3) is 0.611. The normalized spacial score (nSPS) is 21.7. The molecule has 0 aromatic heterocycles. The van der Waals surface area contributed by atoms with E-state index in [0.717, 1.165) is 19.3 Å². The molecule has 0 saturated heterocycles. The molecule has 0 fully saturated rings. The highest BCUT2D eigenvalue weighted by atomic mass is 19.4. The van der Waals surface area contributed by atoms with Gasteiger partial charge in [-0.2, -0.15) is 13.2 Å². The van der Waals surface area contributed by atoms with E-state index in [9.17, 15) is 33.0 Å². The van der Waals surface area contributed by atoms with Crippen LogP contribution in [0.15, 0.2) is 24.3 Å². The molecule has 1 amide bonds. The zero-order valence-corrected chi connectivity index (χ0v) is 16.0. The topological polar surface area (TPSA) is 150 Å². The van der Waals surface area contributed by atoms with Gasteiger partial charge >= 0.3 is 18.1 Å². The maximum Gasteiger partial charge on any atom is 0.490 e. The number of carboxylic acids is 2. The summed E-state index contributed by atoms with van der Waals surface area (Å²) in [6, 6.07) is -0.642. The molecule has 11 heteroatoms. The van der Waals surface area contributed by atoms with Crippen molar-refractivity contribution in [1.29, 1.82) is 0 Å². The zero-order chi connectivity index (χ0) is 22.7. The molecular formula is C18H27F3N2O6. The third kappa shape index (κ3) is 9.09. The third-order valence-corrected chi connectivity index (χ3v) is 4.19. The van der Waals surface area contributed by atoms with Gasteiger partial charge in [0.05, 0.1) is 6.04 Å². The number of rotatable bonds is 9. The van der Waals surface area contributed by atoms with Gasteiger partial charge in [-0.25, -0.2) is 4.79 Å². The number of nitrogens with one attached hydrogen (secondary N) is 1. The van der Waals surface area contributed by atoms with Crippen LogP contribution in [0.25, 0.3) is 0 Å². The molecule has 3 atom stereocenters. The molecule has 6 N–H and O–H groups in total. The van der Waals surface area contributed by atoms with Crippen molar-refractivity contribution in [3.63, 3.8) is 0 Å². The number of hydrogen-bond donors (Lipinski definition) is 5. The highest BCUT2D eigenvalue weighted by Crippen LogP contribution is 2.30. The van der Waals surface area contributed by atoms with Crippen molar-refractivity contribution in [2.24, 2.45) is 11.7 Å². The first-order chi connectivity index (χ1) is 13.4. The van der Waals surface area contributed by atoms with Crippen molar-refractivity contribution < 1.29 is 42.9 Å². The Hall–Kier alpha value is -2.40. The van der Waals surface area contributed by atoms with Gasteiger partial charge in [0.15, 0.2) is 0 Å². The van der Waals surface area contributed by atoms with Crippen LogP contribution in [0.3, 0.4) is 0 Å². The maximum atomic E-state index is 12.0. The third-order valence-electron chi connectivity index (χ3n) is 4.19. The lowest BCUT2D eigenvalue weighted by molar-refractivity contribution is -0.192. The summed E-state index contributed by atoms with van der Waals surface area (Å²) in [5.74, 6) is -5.12. The maximum absolute atomic E-state index is 12.0. The van der Waals surface area contributed by atoms with Crippen LogP contribution in [-0.4, -0.2) is 57.5 Å². The summed E-state index contributed by atoms with van der Waals surface area (Å²) in [5, 5.41) is 29.9. The number of unbranched alkanes of at least 4 members (excludes halogenated alkanes) is 2. The number of aliphatic carboxylic acids is 2. The Bertz CT molecular complexity index is 621. The van der Waals surface area contributed by atoms with Crippen molar-refractivity contribution in [3.05, 3.63) is 24.3 Å². The Balaban J connectivity index is 0.000000956. The van der Waals surface area contributed by atoms with Crippen LogP contribution < -0.4 is 11.1 Å². The van der Waals surface area contributed by atoms with Crippen molar-refractivity contribution in [2.75, 3.05) is 6.54 Å². The van der Waals surface area contributed by atoms with E-state index in [1.54, 1.807) is 12.2 Å². The SMILES string of the molecule is CCC(NC(=O)CCCCCN)C1(O)C=CC=CC1C(=O)O.O=C(O)C(F)(F)F. The molecule has 0 radical (unpaired) electrons. The van der Waals surface area contributed by atoms with Gasteiger partial charge in [-0.05, 0) is 31.9 Å². The Labute approximate surface area is 166 Å². The number of carboxylic acid groups (broad SMARTS) is 2. The summed E-state index contributed by atoms with van der Waals surface area (Å²) >= 11 is 0. The fourth-order valence-corrected chi connectivity index (χ4v) is 2.67. The number of alkyl halides is 3. The molecule has 1 aliphatic carbocycles. The molecule has 0 bridgehead atoms. The van der Waals surface area contributed by atoms with Gasteiger partial charge in [-0.3, -0.25) is 9.59 Å². The summed E-state index contributed by atoms with van der Waals surface area (Å²) in [4.78, 5) is 32.2. The first-order valence-electron chi connectivity index (χ1n) is 9.00. The summed E-state index contributed by atoms with van der Waals surface area (Å²) in [6.07, 6.45) is 4.29.